The van der Waals surface area contributed by atoms with Crippen LogP contribution in [0.25, 0.3) is 11.3 Å². The molecule has 0 saturated carbocycles. The molecular weight excluding hydrogens is 232 g/mol. The normalized spacial score (nSPS) is 10.3. The Balaban J connectivity index is 2.72. The standard InChI is InChI=1S/C14H12O4/c1-8-3-4-9(2)13(14(16)17)12(8)11-6-5-10(7-15)18-11/h3-7H,1-2H3,(H,16,17). The second-order valence-corrected chi connectivity index (χ2v) is 4.07. The fraction of sp³-hybridized carbons (Fsp3) is 0.143. The van der Waals surface area contributed by atoms with Crippen molar-refractivity contribution in [2.75, 3.05) is 0 Å². The third kappa shape index (κ3) is 1.93. The largest absolute Gasteiger partial charge is 0.478 e. The monoisotopic (exact) mass is 244 g/mol. The van der Waals surface area contributed by atoms with Gasteiger partial charge in [-0.25, -0.2) is 4.79 Å². The predicted molar refractivity (Wildman–Crippen MR) is 66.0 cm³/mol. The highest BCUT2D eigenvalue weighted by Crippen LogP contribution is 2.31. The number of carbonyl (C=O) groups is 2. The lowest BCUT2D eigenvalue weighted by Crippen LogP contribution is -2.04. The zero-order chi connectivity index (χ0) is 13.3. The fourth-order valence-electron chi connectivity index (χ4n) is 1.95. The average molecular weight is 244 g/mol. The molecule has 0 amide bonds. The molecule has 0 fully saturated rings. The smallest absolute Gasteiger partial charge is 0.336 e. The maximum atomic E-state index is 11.3. The molecule has 2 aromatic rings. The first-order chi connectivity index (χ1) is 8.54. The molecule has 0 aliphatic carbocycles. The number of benzene rings is 1. The van der Waals surface area contributed by atoms with E-state index in [-0.39, 0.29) is 11.3 Å². The van der Waals surface area contributed by atoms with Gasteiger partial charge in [0.25, 0.3) is 0 Å². The van der Waals surface area contributed by atoms with Crippen LogP contribution < -0.4 is 0 Å². The van der Waals surface area contributed by atoms with Crippen LogP contribution in [-0.4, -0.2) is 17.4 Å². The third-order valence-electron chi connectivity index (χ3n) is 2.83. The quantitative estimate of drug-likeness (QED) is 0.842. The van der Waals surface area contributed by atoms with E-state index in [0.717, 1.165) is 5.56 Å². The van der Waals surface area contributed by atoms with Crippen molar-refractivity contribution >= 4 is 12.3 Å². The number of hydrogen-bond acceptors (Lipinski definition) is 3. The zero-order valence-electron chi connectivity index (χ0n) is 10.1. The number of rotatable bonds is 3. The van der Waals surface area contributed by atoms with Gasteiger partial charge in [-0.05, 0) is 37.1 Å². The van der Waals surface area contributed by atoms with Crippen LogP contribution in [-0.2, 0) is 0 Å². The van der Waals surface area contributed by atoms with Crippen molar-refractivity contribution in [2.24, 2.45) is 0 Å². The van der Waals surface area contributed by atoms with E-state index in [1.807, 2.05) is 13.0 Å². The van der Waals surface area contributed by atoms with Gasteiger partial charge in [0.1, 0.15) is 5.76 Å². The Labute approximate surface area is 104 Å². The van der Waals surface area contributed by atoms with Crippen molar-refractivity contribution in [3.63, 3.8) is 0 Å². The minimum Gasteiger partial charge on any atom is -0.478 e. The van der Waals surface area contributed by atoms with Crippen molar-refractivity contribution in [1.29, 1.82) is 0 Å². The van der Waals surface area contributed by atoms with Crippen LogP contribution in [0.5, 0.6) is 0 Å². The molecule has 0 unspecified atom stereocenters. The van der Waals surface area contributed by atoms with E-state index in [0.29, 0.717) is 23.2 Å². The van der Waals surface area contributed by atoms with Crippen molar-refractivity contribution in [2.45, 2.75) is 13.8 Å². The maximum Gasteiger partial charge on any atom is 0.336 e. The number of carboxylic acids is 1. The Bertz CT molecular complexity index is 623. The van der Waals surface area contributed by atoms with Gasteiger partial charge in [-0.2, -0.15) is 0 Å². The molecule has 1 heterocycles. The lowest BCUT2D eigenvalue weighted by Gasteiger charge is -2.10. The molecule has 4 nitrogen and oxygen atoms in total. The fourth-order valence-corrected chi connectivity index (χ4v) is 1.95. The first kappa shape index (κ1) is 12.1. The summed E-state index contributed by atoms with van der Waals surface area (Å²) in [6.45, 7) is 3.54. The number of aryl methyl sites for hydroxylation is 2. The molecule has 0 aliphatic heterocycles. The van der Waals surface area contributed by atoms with E-state index in [1.165, 1.54) is 6.07 Å². The van der Waals surface area contributed by atoms with Gasteiger partial charge in [0, 0.05) is 5.56 Å². The molecule has 0 saturated heterocycles. The van der Waals surface area contributed by atoms with Crippen LogP contribution in [0.4, 0.5) is 0 Å². The van der Waals surface area contributed by atoms with Crippen LogP contribution in [0.1, 0.15) is 32.0 Å². The molecule has 0 aliphatic rings. The summed E-state index contributed by atoms with van der Waals surface area (Å²) in [7, 11) is 0. The second-order valence-electron chi connectivity index (χ2n) is 4.07. The first-order valence-electron chi connectivity index (χ1n) is 5.43. The van der Waals surface area contributed by atoms with Gasteiger partial charge in [-0.15, -0.1) is 0 Å². The summed E-state index contributed by atoms with van der Waals surface area (Å²) in [5, 5.41) is 9.29. The molecule has 0 radical (unpaired) electrons. The Morgan fingerprint density at radius 3 is 2.39 bits per heavy atom. The van der Waals surface area contributed by atoms with Crippen molar-refractivity contribution < 1.29 is 19.1 Å². The molecule has 4 heteroatoms. The molecule has 1 aromatic carbocycles. The van der Waals surface area contributed by atoms with Crippen molar-refractivity contribution in [3.8, 4) is 11.3 Å². The van der Waals surface area contributed by atoms with Gasteiger partial charge in [0.15, 0.2) is 12.0 Å². The molecule has 92 valence electrons. The van der Waals surface area contributed by atoms with Crippen molar-refractivity contribution in [1.82, 2.24) is 0 Å². The number of hydrogen-bond donors (Lipinski definition) is 1. The number of carboxylic acid groups (broad SMARTS) is 1. The Hall–Kier alpha value is -2.36. The summed E-state index contributed by atoms with van der Waals surface area (Å²) >= 11 is 0. The van der Waals surface area contributed by atoms with Gasteiger partial charge in [0.05, 0.1) is 5.56 Å². The van der Waals surface area contributed by atoms with Gasteiger partial charge >= 0.3 is 5.97 Å². The summed E-state index contributed by atoms with van der Waals surface area (Å²) < 4.78 is 5.31. The predicted octanol–water partition coefficient (Wildman–Crippen LogP) is 3.07. The van der Waals surface area contributed by atoms with Crippen LogP contribution in [0.15, 0.2) is 28.7 Å². The summed E-state index contributed by atoms with van der Waals surface area (Å²) in [6, 6.07) is 6.72. The zero-order valence-corrected chi connectivity index (χ0v) is 10.1. The van der Waals surface area contributed by atoms with Gasteiger partial charge < -0.3 is 9.52 Å². The summed E-state index contributed by atoms with van der Waals surface area (Å²) in [4.78, 5) is 21.9. The lowest BCUT2D eigenvalue weighted by molar-refractivity contribution is 0.0696. The molecular formula is C14H12O4. The summed E-state index contributed by atoms with van der Waals surface area (Å²) in [5.74, 6) is -0.423. The molecule has 1 N–H and O–H groups in total. The third-order valence-corrected chi connectivity index (χ3v) is 2.83. The van der Waals surface area contributed by atoms with Crippen LogP contribution in [0.2, 0.25) is 0 Å². The Morgan fingerprint density at radius 2 is 1.83 bits per heavy atom. The highest BCUT2D eigenvalue weighted by atomic mass is 16.4. The van der Waals surface area contributed by atoms with E-state index in [4.69, 9.17) is 4.42 Å². The van der Waals surface area contributed by atoms with E-state index >= 15 is 0 Å². The van der Waals surface area contributed by atoms with Crippen LogP contribution in [0.3, 0.4) is 0 Å². The molecule has 18 heavy (non-hydrogen) atoms. The lowest BCUT2D eigenvalue weighted by atomic mass is 9.95. The minimum atomic E-state index is -1.00. The molecule has 0 bridgehead atoms. The van der Waals surface area contributed by atoms with Crippen molar-refractivity contribution in [3.05, 3.63) is 46.7 Å². The van der Waals surface area contributed by atoms with E-state index in [2.05, 4.69) is 0 Å². The topological polar surface area (TPSA) is 67.5 Å². The number of aldehydes is 1. The summed E-state index contributed by atoms with van der Waals surface area (Å²) in [6.07, 6.45) is 0.592. The molecule has 1 aromatic heterocycles. The highest BCUT2D eigenvalue weighted by molar-refractivity contribution is 5.98. The van der Waals surface area contributed by atoms with Crippen LogP contribution >= 0.6 is 0 Å². The number of carbonyl (C=O) groups excluding carboxylic acids is 1. The SMILES string of the molecule is Cc1ccc(C)c(-c2ccc(C=O)o2)c1C(=O)O. The number of aromatic carboxylic acids is 1. The second kappa shape index (κ2) is 4.49. The van der Waals surface area contributed by atoms with E-state index in [9.17, 15) is 14.7 Å². The molecule has 0 spiro atoms. The van der Waals surface area contributed by atoms with Gasteiger partial charge in [-0.3, -0.25) is 4.79 Å². The molecule has 2 rings (SSSR count). The van der Waals surface area contributed by atoms with Gasteiger partial charge in [0.2, 0.25) is 0 Å². The molecule has 0 atom stereocenters. The minimum absolute atomic E-state index is 0.183. The average Bonchev–Trinajstić information content (AvgIpc) is 2.79. The highest BCUT2D eigenvalue weighted by Gasteiger charge is 2.19. The van der Waals surface area contributed by atoms with E-state index < -0.39 is 5.97 Å². The summed E-state index contributed by atoms with van der Waals surface area (Å²) in [5.41, 5.74) is 2.19. The van der Waals surface area contributed by atoms with E-state index in [1.54, 1.807) is 19.1 Å². The first-order valence-corrected chi connectivity index (χ1v) is 5.43. The Kier molecular flexibility index (Phi) is 3.02. The van der Waals surface area contributed by atoms with Gasteiger partial charge in [-0.1, -0.05) is 12.1 Å². The number of furan rings is 1. The maximum absolute atomic E-state index is 11.3. The Morgan fingerprint density at radius 1 is 1.17 bits per heavy atom. The van der Waals surface area contributed by atoms with Crippen LogP contribution in [0, 0.1) is 13.8 Å².